The number of hydrogen-bond acceptors (Lipinski definition) is 4. The van der Waals surface area contributed by atoms with Crippen molar-refractivity contribution in [2.45, 2.75) is 4.90 Å². The van der Waals surface area contributed by atoms with Gasteiger partial charge in [-0.1, -0.05) is 60.7 Å². The van der Waals surface area contributed by atoms with Gasteiger partial charge in [-0.25, -0.2) is 13.1 Å². The third kappa shape index (κ3) is 6.11. The molecule has 0 fully saturated rings. The first-order valence-electron chi connectivity index (χ1n) is 7.64. The molecule has 0 radical (unpaired) electrons. The van der Waals surface area contributed by atoms with Crippen LogP contribution in [0.2, 0.25) is 0 Å². The average molecular weight is 357 g/mol. The van der Waals surface area contributed by atoms with Crippen molar-refractivity contribution in [1.29, 1.82) is 0 Å². The largest absolute Gasteiger partial charge is 0.388 e. The molecular formula is C19H19NO4S. The topological polar surface area (TPSA) is 83.5 Å². The second-order valence-electron chi connectivity index (χ2n) is 5.20. The number of hydrogen-bond donors (Lipinski definition) is 2. The predicted octanol–water partition coefficient (Wildman–Crippen LogP) is 2.25. The van der Waals surface area contributed by atoms with Crippen LogP contribution in [0.1, 0.15) is 11.1 Å². The smallest absolute Gasteiger partial charge is 0.240 e. The molecule has 0 saturated carbocycles. The summed E-state index contributed by atoms with van der Waals surface area (Å²) >= 11 is 0. The summed E-state index contributed by atoms with van der Waals surface area (Å²) in [5, 5.41) is 8.69. The lowest BCUT2D eigenvalue weighted by molar-refractivity contribution is -0.117. The van der Waals surface area contributed by atoms with E-state index in [1.165, 1.54) is 24.3 Å². The van der Waals surface area contributed by atoms with Gasteiger partial charge >= 0.3 is 0 Å². The fraction of sp³-hybridized carbons (Fsp3) is 0.105. The van der Waals surface area contributed by atoms with Crippen LogP contribution in [-0.4, -0.2) is 32.5 Å². The molecule has 0 spiro atoms. The Balaban J connectivity index is 2.03. The maximum atomic E-state index is 12.3. The molecule has 0 saturated heterocycles. The van der Waals surface area contributed by atoms with Crippen LogP contribution in [0.15, 0.2) is 71.6 Å². The number of ketones is 1. The Morgan fingerprint density at radius 1 is 1.00 bits per heavy atom. The minimum atomic E-state index is -3.65. The molecule has 0 aliphatic carbocycles. The van der Waals surface area contributed by atoms with Crippen molar-refractivity contribution >= 4 is 28.0 Å². The van der Waals surface area contributed by atoms with E-state index in [2.05, 4.69) is 4.72 Å². The van der Waals surface area contributed by atoms with Gasteiger partial charge in [0.05, 0.1) is 4.90 Å². The molecule has 25 heavy (non-hydrogen) atoms. The maximum absolute atomic E-state index is 12.3. The van der Waals surface area contributed by atoms with Crippen LogP contribution < -0.4 is 4.72 Å². The van der Waals surface area contributed by atoms with E-state index in [1.54, 1.807) is 18.2 Å². The van der Waals surface area contributed by atoms with Crippen molar-refractivity contribution < 1.29 is 18.3 Å². The fourth-order valence-corrected chi connectivity index (χ4v) is 3.06. The molecule has 0 atom stereocenters. The molecule has 0 aliphatic heterocycles. The number of sulfonamides is 1. The fourth-order valence-electron chi connectivity index (χ4n) is 2.03. The highest BCUT2D eigenvalue weighted by atomic mass is 32.2. The van der Waals surface area contributed by atoms with E-state index < -0.39 is 22.4 Å². The first kappa shape index (κ1) is 18.8. The van der Waals surface area contributed by atoms with E-state index >= 15 is 0 Å². The standard InChI is InChI=1S/C19H19NO4S/c21-15-18(22)12-11-17-8-4-10-19(14-17)25(23,24)20-13-5-9-16-6-2-1-3-7-16/h1-12,14,20-21H,13,15H2/b9-5+,12-11+. The van der Waals surface area contributed by atoms with Crippen LogP contribution in [0.25, 0.3) is 12.2 Å². The molecule has 2 N–H and O–H groups in total. The molecule has 2 rings (SSSR count). The van der Waals surface area contributed by atoms with Crippen molar-refractivity contribution in [2.75, 3.05) is 13.2 Å². The quantitative estimate of drug-likeness (QED) is 0.710. The molecule has 0 bridgehead atoms. The summed E-state index contributed by atoms with van der Waals surface area (Å²) in [5.41, 5.74) is 1.55. The van der Waals surface area contributed by atoms with E-state index in [9.17, 15) is 13.2 Å². The number of benzene rings is 2. The molecule has 5 nitrogen and oxygen atoms in total. The second kappa shape index (κ2) is 9.08. The number of carbonyl (C=O) groups excluding carboxylic acids is 1. The molecule has 130 valence electrons. The van der Waals surface area contributed by atoms with Gasteiger partial charge in [0, 0.05) is 6.54 Å². The van der Waals surface area contributed by atoms with E-state index in [1.807, 2.05) is 36.4 Å². The van der Waals surface area contributed by atoms with Gasteiger partial charge in [-0.15, -0.1) is 0 Å². The first-order chi connectivity index (χ1) is 12.0. The first-order valence-corrected chi connectivity index (χ1v) is 9.13. The Kier molecular flexibility index (Phi) is 6.82. The predicted molar refractivity (Wildman–Crippen MR) is 98.2 cm³/mol. The molecule has 2 aromatic carbocycles. The highest BCUT2D eigenvalue weighted by Crippen LogP contribution is 2.12. The van der Waals surface area contributed by atoms with Crippen molar-refractivity contribution in [2.24, 2.45) is 0 Å². The maximum Gasteiger partial charge on any atom is 0.240 e. The SMILES string of the molecule is O=C(/C=C/c1cccc(S(=O)(=O)NC/C=C/c2ccccc2)c1)CO. The van der Waals surface area contributed by atoms with Crippen molar-refractivity contribution in [3.05, 3.63) is 77.9 Å². The number of carbonyl (C=O) groups is 1. The number of aliphatic hydroxyl groups excluding tert-OH is 1. The Morgan fingerprint density at radius 2 is 1.72 bits per heavy atom. The monoisotopic (exact) mass is 357 g/mol. The van der Waals surface area contributed by atoms with E-state index in [0.29, 0.717) is 5.56 Å². The van der Waals surface area contributed by atoms with Crippen LogP contribution in [-0.2, 0) is 14.8 Å². The minimum absolute atomic E-state index is 0.110. The summed E-state index contributed by atoms with van der Waals surface area (Å²) < 4.78 is 27.1. The number of rotatable bonds is 8. The number of aliphatic hydroxyl groups is 1. The van der Waals surface area contributed by atoms with E-state index in [0.717, 1.165) is 5.56 Å². The summed E-state index contributed by atoms with van der Waals surface area (Å²) in [7, 11) is -3.65. The highest BCUT2D eigenvalue weighted by Gasteiger charge is 2.12. The van der Waals surface area contributed by atoms with Crippen molar-refractivity contribution in [3.8, 4) is 0 Å². The second-order valence-corrected chi connectivity index (χ2v) is 6.96. The molecule has 0 unspecified atom stereocenters. The summed E-state index contributed by atoms with van der Waals surface area (Å²) in [5.74, 6) is -0.447. The third-order valence-corrected chi connectivity index (χ3v) is 4.71. The van der Waals surface area contributed by atoms with Crippen LogP contribution >= 0.6 is 0 Å². The normalized spacial score (nSPS) is 12.0. The molecule has 0 aliphatic rings. The minimum Gasteiger partial charge on any atom is -0.388 e. The van der Waals surface area contributed by atoms with Crippen LogP contribution in [0, 0.1) is 0 Å². The lowest BCUT2D eigenvalue weighted by Crippen LogP contribution is -2.23. The Bertz CT molecular complexity index is 871. The molecule has 2 aromatic rings. The van der Waals surface area contributed by atoms with Gasteiger partial charge in [0.2, 0.25) is 10.0 Å². The van der Waals surface area contributed by atoms with Gasteiger partial charge in [-0.05, 0) is 29.3 Å². The van der Waals surface area contributed by atoms with Gasteiger partial charge in [-0.3, -0.25) is 4.79 Å². The zero-order valence-corrected chi connectivity index (χ0v) is 14.3. The van der Waals surface area contributed by atoms with Crippen LogP contribution in [0.5, 0.6) is 0 Å². The Hall–Kier alpha value is -2.54. The van der Waals surface area contributed by atoms with Crippen molar-refractivity contribution in [1.82, 2.24) is 4.72 Å². The third-order valence-electron chi connectivity index (χ3n) is 3.29. The molecule has 0 amide bonds. The van der Waals surface area contributed by atoms with E-state index in [-0.39, 0.29) is 11.4 Å². The number of nitrogens with one attached hydrogen (secondary N) is 1. The summed E-state index contributed by atoms with van der Waals surface area (Å²) in [6.45, 7) is -0.413. The van der Waals surface area contributed by atoms with Gasteiger partial charge in [0.1, 0.15) is 6.61 Å². The molecule has 6 heteroatoms. The highest BCUT2D eigenvalue weighted by molar-refractivity contribution is 7.89. The van der Waals surface area contributed by atoms with Gasteiger partial charge in [-0.2, -0.15) is 0 Å². The van der Waals surface area contributed by atoms with Gasteiger partial charge in [0.15, 0.2) is 5.78 Å². The summed E-state index contributed by atoms with van der Waals surface area (Å²) in [6.07, 6.45) is 6.24. The van der Waals surface area contributed by atoms with E-state index in [4.69, 9.17) is 5.11 Å². The summed E-state index contributed by atoms with van der Waals surface area (Å²) in [4.78, 5) is 11.2. The Morgan fingerprint density at radius 3 is 2.44 bits per heavy atom. The summed E-state index contributed by atoms with van der Waals surface area (Å²) in [6, 6.07) is 15.8. The Labute approximate surface area is 147 Å². The lowest BCUT2D eigenvalue weighted by Gasteiger charge is -2.05. The molecular weight excluding hydrogens is 338 g/mol. The van der Waals surface area contributed by atoms with Crippen LogP contribution in [0.3, 0.4) is 0 Å². The molecule has 0 aromatic heterocycles. The van der Waals surface area contributed by atoms with Crippen LogP contribution in [0.4, 0.5) is 0 Å². The van der Waals surface area contributed by atoms with Crippen molar-refractivity contribution in [3.63, 3.8) is 0 Å². The average Bonchev–Trinajstić information content (AvgIpc) is 2.64. The molecule has 0 heterocycles. The zero-order chi connectivity index (χ0) is 18.1. The van der Waals surface area contributed by atoms with Gasteiger partial charge < -0.3 is 5.11 Å². The lowest BCUT2D eigenvalue weighted by atomic mass is 10.2. The van der Waals surface area contributed by atoms with Gasteiger partial charge in [0.25, 0.3) is 0 Å². The zero-order valence-electron chi connectivity index (χ0n) is 13.5.